The summed E-state index contributed by atoms with van der Waals surface area (Å²) in [7, 11) is 0. The highest BCUT2D eigenvalue weighted by molar-refractivity contribution is 14.1. The Morgan fingerprint density at radius 3 is 2.32 bits per heavy atom. The second kappa shape index (κ2) is 6.55. The van der Waals surface area contributed by atoms with Gasteiger partial charge in [-0.15, -0.1) is 0 Å². The molecule has 0 bridgehead atoms. The molecule has 0 amide bonds. The summed E-state index contributed by atoms with van der Waals surface area (Å²) in [5.74, 6) is 0.462. The molecule has 0 spiro atoms. The first-order valence-corrected chi connectivity index (χ1v) is 7.61. The van der Waals surface area contributed by atoms with E-state index in [4.69, 9.17) is 21.1 Å². The molecule has 1 aromatic rings. The molecule has 106 valence electrons. The summed E-state index contributed by atoms with van der Waals surface area (Å²) < 4.78 is 11.4. The Bertz CT molecular complexity index is 413. The second-order valence-corrected chi connectivity index (χ2v) is 5.56. The zero-order chi connectivity index (χ0) is 14.0. The zero-order valence-electron chi connectivity index (χ0n) is 9.82. The SMILES string of the molecule is O[C@@H]1[C@@H](O)[C@H](Oc2ccc(Cl)cc2)O[C@H](CI)[C@H]1O. The van der Waals surface area contributed by atoms with Crippen LogP contribution < -0.4 is 4.74 Å². The highest BCUT2D eigenvalue weighted by atomic mass is 127. The number of benzene rings is 1. The highest BCUT2D eigenvalue weighted by Gasteiger charge is 2.44. The topological polar surface area (TPSA) is 79.2 Å². The predicted molar refractivity (Wildman–Crippen MR) is 77.6 cm³/mol. The number of aliphatic hydroxyl groups excluding tert-OH is 3. The lowest BCUT2D eigenvalue weighted by molar-refractivity contribution is -0.266. The van der Waals surface area contributed by atoms with Crippen LogP contribution in [-0.2, 0) is 4.74 Å². The first kappa shape index (κ1) is 15.3. The van der Waals surface area contributed by atoms with Crippen LogP contribution in [0.15, 0.2) is 24.3 Å². The van der Waals surface area contributed by atoms with Gasteiger partial charge in [-0.1, -0.05) is 34.2 Å². The molecule has 1 heterocycles. The smallest absolute Gasteiger partial charge is 0.229 e. The molecule has 1 fully saturated rings. The van der Waals surface area contributed by atoms with E-state index < -0.39 is 30.7 Å². The van der Waals surface area contributed by atoms with E-state index in [1.165, 1.54) is 0 Å². The van der Waals surface area contributed by atoms with Crippen LogP contribution in [0.3, 0.4) is 0 Å². The fourth-order valence-electron chi connectivity index (χ4n) is 1.79. The Hall–Kier alpha value is -0.120. The van der Waals surface area contributed by atoms with Crippen LogP contribution in [0.5, 0.6) is 5.75 Å². The summed E-state index contributed by atoms with van der Waals surface area (Å²) >= 11 is 7.79. The van der Waals surface area contributed by atoms with Crippen molar-refractivity contribution in [3.63, 3.8) is 0 Å². The average molecular weight is 401 g/mol. The van der Waals surface area contributed by atoms with Gasteiger partial charge in [-0.25, -0.2) is 0 Å². The minimum absolute atomic E-state index is 0.462. The van der Waals surface area contributed by atoms with Crippen molar-refractivity contribution >= 4 is 34.2 Å². The van der Waals surface area contributed by atoms with Gasteiger partial charge < -0.3 is 24.8 Å². The summed E-state index contributed by atoms with van der Waals surface area (Å²) in [5, 5.41) is 29.9. The van der Waals surface area contributed by atoms with Crippen molar-refractivity contribution < 1.29 is 24.8 Å². The fourth-order valence-corrected chi connectivity index (χ4v) is 2.64. The molecule has 19 heavy (non-hydrogen) atoms. The van der Waals surface area contributed by atoms with Crippen LogP contribution in [0, 0.1) is 0 Å². The van der Waals surface area contributed by atoms with Gasteiger partial charge in [0.15, 0.2) is 0 Å². The minimum atomic E-state index is -1.31. The maximum Gasteiger partial charge on any atom is 0.229 e. The van der Waals surface area contributed by atoms with Gasteiger partial charge in [0, 0.05) is 9.45 Å². The molecule has 0 aromatic heterocycles. The standard InChI is InChI=1S/C12H14ClIO5/c13-6-1-3-7(4-2-6)18-12-11(17)10(16)9(15)8(5-14)19-12/h1-4,8-12,15-17H,5H2/t8-,9-,10+,11-,12-/m1/s1. The Morgan fingerprint density at radius 1 is 1.11 bits per heavy atom. The van der Waals surface area contributed by atoms with Crippen molar-refractivity contribution in [2.24, 2.45) is 0 Å². The van der Waals surface area contributed by atoms with Gasteiger partial charge in [0.1, 0.15) is 24.1 Å². The normalized spacial score (nSPS) is 35.1. The number of halogens is 2. The lowest BCUT2D eigenvalue weighted by Crippen LogP contribution is -2.59. The quantitative estimate of drug-likeness (QED) is 0.520. The van der Waals surface area contributed by atoms with Crippen molar-refractivity contribution in [3.8, 4) is 5.75 Å². The van der Waals surface area contributed by atoms with E-state index in [9.17, 15) is 15.3 Å². The van der Waals surface area contributed by atoms with Crippen molar-refractivity contribution in [1.82, 2.24) is 0 Å². The van der Waals surface area contributed by atoms with Gasteiger partial charge in [0.2, 0.25) is 6.29 Å². The van der Waals surface area contributed by atoms with E-state index in [-0.39, 0.29) is 0 Å². The Balaban J connectivity index is 2.08. The van der Waals surface area contributed by atoms with Gasteiger partial charge in [0.25, 0.3) is 0 Å². The second-order valence-electron chi connectivity index (χ2n) is 4.24. The van der Waals surface area contributed by atoms with E-state index >= 15 is 0 Å². The van der Waals surface area contributed by atoms with Crippen LogP contribution >= 0.6 is 34.2 Å². The fraction of sp³-hybridized carbons (Fsp3) is 0.500. The van der Waals surface area contributed by atoms with Crippen LogP contribution in [0.25, 0.3) is 0 Å². The summed E-state index contributed by atoms with van der Waals surface area (Å²) in [4.78, 5) is 0. The van der Waals surface area contributed by atoms with Crippen LogP contribution in [0.4, 0.5) is 0 Å². The summed E-state index contributed by atoms with van der Waals surface area (Å²) in [6.45, 7) is 0. The lowest BCUT2D eigenvalue weighted by Gasteiger charge is -2.39. The third kappa shape index (κ3) is 3.50. The van der Waals surface area contributed by atoms with Crippen LogP contribution in [0.2, 0.25) is 5.02 Å². The van der Waals surface area contributed by atoms with E-state index in [0.29, 0.717) is 15.2 Å². The van der Waals surface area contributed by atoms with E-state index in [1.54, 1.807) is 24.3 Å². The first-order valence-electron chi connectivity index (χ1n) is 5.71. The maximum absolute atomic E-state index is 9.85. The van der Waals surface area contributed by atoms with Gasteiger partial charge in [0.05, 0.1) is 6.10 Å². The molecule has 5 atom stereocenters. The van der Waals surface area contributed by atoms with E-state index in [2.05, 4.69) is 0 Å². The molecule has 3 N–H and O–H groups in total. The molecule has 0 aliphatic carbocycles. The Labute approximate surface area is 129 Å². The molecule has 5 nitrogen and oxygen atoms in total. The Kier molecular flexibility index (Phi) is 5.27. The highest BCUT2D eigenvalue weighted by Crippen LogP contribution is 2.25. The molecule has 0 saturated carbocycles. The predicted octanol–water partition coefficient (Wildman–Crippen LogP) is 0.961. The summed E-state index contributed by atoms with van der Waals surface area (Å²) in [6.07, 6.45) is -5.36. The largest absolute Gasteiger partial charge is 0.462 e. The molecule has 2 rings (SSSR count). The van der Waals surface area contributed by atoms with Crippen LogP contribution in [-0.4, -0.2) is 50.5 Å². The van der Waals surface area contributed by atoms with E-state index in [0.717, 1.165) is 0 Å². The monoisotopic (exact) mass is 400 g/mol. The molecule has 1 aromatic carbocycles. The maximum atomic E-state index is 9.85. The van der Waals surface area contributed by atoms with Gasteiger partial charge in [-0.05, 0) is 24.3 Å². The molecular formula is C12H14ClIO5. The van der Waals surface area contributed by atoms with Crippen molar-refractivity contribution in [3.05, 3.63) is 29.3 Å². The zero-order valence-corrected chi connectivity index (χ0v) is 12.7. The van der Waals surface area contributed by atoms with Crippen LogP contribution in [0.1, 0.15) is 0 Å². The molecule has 1 saturated heterocycles. The number of alkyl halides is 1. The Morgan fingerprint density at radius 2 is 1.74 bits per heavy atom. The molecule has 0 unspecified atom stereocenters. The lowest BCUT2D eigenvalue weighted by atomic mass is 10.00. The molecule has 0 radical (unpaired) electrons. The first-order chi connectivity index (χ1) is 9.02. The van der Waals surface area contributed by atoms with Gasteiger partial charge >= 0.3 is 0 Å². The number of hydrogen-bond donors (Lipinski definition) is 3. The van der Waals surface area contributed by atoms with Gasteiger partial charge in [-0.2, -0.15) is 0 Å². The average Bonchev–Trinajstić information content (AvgIpc) is 2.42. The van der Waals surface area contributed by atoms with Gasteiger partial charge in [-0.3, -0.25) is 0 Å². The number of ether oxygens (including phenoxy) is 2. The summed E-state index contributed by atoms with van der Waals surface area (Å²) in [6, 6.07) is 6.56. The minimum Gasteiger partial charge on any atom is -0.462 e. The molecule has 7 heteroatoms. The molecule has 1 aliphatic heterocycles. The van der Waals surface area contributed by atoms with E-state index in [1.807, 2.05) is 22.6 Å². The van der Waals surface area contributed by atoms with Crippen molar-refractivity contribution in [2.75, 3.05) is 4.43 Å². The molecular weight excluding hydrogens is 386 g/mol. The summed E-state index contributed by atoms with van der Waals surface area (Å²) in [5.41, 5.74) is 0. The number of aliphatic hydroxyl groups is 3. The van der Waals surface area contributed by atoms with Crippen molar-refractivity contribution in [1.29, 1.82) is 0 Å². The molecule has 1 aliphatic rings. The third-order valence-electron chi connectivity index (χ3n) is 2.89. The third-order valence-corrected chi connectivity index (χ3v) is 4.01. The van der Waals surface area contributed by atoms with Crippen molar-refractivity contribution in [2.45, 2.75) is 30.7 Å². The number of rotatable bonds is 3. The number of hydrogen-bond acceptors (Lipinski definition) is 5.